The van der Waals surface area contributed by atoms with E-state index in [1.807, 2.05) is 19.1 Å². The number of hydrogen-bond donors (Lipinski definition) is 4. The lowest BCUT2D eigenvalue weighted by Crippen LogP contribution is -2.37. The van der Waals surface area contributed by atoms with Crippen LogP contribution in [0.2, 0.25) is 5.02 Å². The predicted octanol–water partition coefficient (Wildman–Crippen LogP) is 5.96. The molecule has 0 aliphatic rings. The van der Waals surface area contributed by atoms with Crippen LogP contribution in [0.15, 0.2) is 95.9 Å². The van der Waals surface area contributed by atoms with E-state index >= 15 is 0 Å². The minimum Gasteiger partial charge on any atom is -0.497 e. The number of pyridine rings is 1. The first kappa shape index (κ1) is 38.5. The number of rotatable bonds is 15. The highest BCUT2D eigenvalue weighted by Crippen LogP contribution is 2.28. The molecule has 0 saturated heterocycles. The molecule has 53 heavy (non-hydrogen) atoms. The zero-order chi connectivity index (χ0) is 38.1. The van der Waals surface area contributed by atoms with Crippen LogP contribution in [0.25, 0.3) is 10.9 Å². The molecule has 0 fully saturated rings. The molecule has 5 aromatic rings. The van der Waals surface area contributed by atoms with Crippen molar-refractivity contribution in [2.45, 2.75) is 18.2 Å². The number of methoxy groups -OCH3 is 2. The molecule has 0 spiro atoms. The van der Waals surface area contributed by atoms with Gasteiger partial charge >= 0.3 is 0 Å². The predicted molar refractivity (Wildman–Crippen MR) is 206 cm³/mol. The summed E-state index contributed by atoms with van der Waals surface area (Å²) >= 11 is 6.25. The van der Waals surface area contributed by atoms with E-state index in [-0.39, 0.29) is 53.9 Å². The van der Waals surface area contributed by atoms with Gasteiger partial charge in [0, 0.05) is 60.5 Å². The van der Waals surface area contributed by atoms with Crippen LogP contribution < -0.4 is 30.7 Å². The summed E-state index contributed by atoms with van der Waals surface area (Å²) < 4.78 is 39.7. The van der Waals surface area contributed by atoms with Crippen LogP contribution in [0.3, 0.4) is 0 Å². The molecule has 1 aromatic heterocycles. The number of nitrogens with zero attached hydrogens (tertiary/aromatic N) is 2. The molecule has 276 valence electrons. The third kappa shape index (κ3) is 9.40. The molecule has 0 saturated carbocycles. The Morgan fingerprint density at radius 2 is 1.57 bits per heavy atom. The summed E-state index contributed by atoms with van der Waals surface area (Å²) in [5.74, 6) is -0.624. The number of benzene rings is 4. The molecule has 15 heteroatoms. The minimum atomic E-state index is -4.04. The zero-order valence-corrected chi connectivity index (χ0v) is 31.1. The maximum absolute atomic E-state index is 13.9. The zero-order valence-electron chi connectivity index (χ0n) is 29.5. The number of carbonyl (C=O) groups excluding carboxylic acids is 3. The number of fused-ring (bicyclic) bond motifs is 1. The lowest BCUT2D eigenvalue weighted by Gasteiger charge is -2.23. The molecule has 0 bridgehead atoms. The number of hydrogen-bond acceptors (Lipinski definition) is 9. The van der Waals surface area contributed by atoms with Crippen LogP contribution in [-0.4, -0.2) is 76.3 Å². The largest absolute Gasteiger partial charge is 0.497 e. The Hall–Kier alpha value is -5.70. The first-order valence-corrected chi connectivity index (χ1v) is 18.3. The molecule has 1 heterocycles. The van der Waals surface area contributed by atoms with Crippen LogP contribution >= 0.6 is 11.6 Å². The molecule has 4 N–H and O–H groups in total. The first-order chi connectivity index (χ1) is 25.4. The Morgan fingerprint density at radius 1 is 0.811 bits per heavy atom. The second-order valence-electron chi connectivity index (χ2n) is 11.8. The molecule has 13 nitrogen and oxygen atoms in total. The normalized spacial score (nSPS) is 11.2. The van der Waals surface area contributed by atoms with Crippen LogP contribution in [0.5, 0.6) is 11.5 Å². The summed E-state index contributed by atoms with van der Waals surface area (Å²) in [6.45, 7) is 1.97. The second-order valence-corrected chi connectivity index (χ2v) is 14.1. The summed E-state index contributed by atoms with van der Waals surface area (Å²) in [5, 5.41) is 12.7. The maximum Gasteiger partial charge on any atom is 0.255 e. The Balaban J connectivity index is 1.30. The standard InChI is InChI=1S/C38H39ClN6O7S/c1-24-21-34(30-23-26(39)10-16-32(30)42-24)41-18-20-45(53(49,50)28-13-11-27(51-3)12-14-28)19-17-36(46)43-33-15-9-25(22-35(33)52-4)37(47)44-31-8-6-5-7-29(31)38(48)40-2/h5-16,21-23H,17-20H2,1-4H3,(H,40,48)(H,41,42)(H,43,46)(H,44,47). The number of ether oxygens (including phenoxy) is 2. The molecule has 5 rings (SSSR count). The maximum atomic E-state index is 13.9. The van der Waals surface area contributed by atoms with Gasteiger partial charge in [-0.2, -0.15) is 4.31 Å². The molecule has 0 radical (unpaired) electrons. The summed E-state index contributed by atoms with van der Waals surface area (Å²) in [7, 11) is 0.340. The van der Waals surface area contributed by atoms with Crippen molar-refractivity contribution in [3.05, 3.63) is 113 Å². The minimum absolute atomic E-state index is 0.0290. The van der Waals surface area contributed by atoms with Crippen molar-refractivity contribution >= 4 is 67.3 Å². The fraction of sp³-hybridized carbons (Fsp3) is 0.211. The van der Waals surface area contributed by atoms with Gasteiger partial charge in [0.25, 0.3) is 11.8 Å². The van der Waals surface area contributed by atoms with Gasteiger partial charge in [0.05, 0.1) is 41.6 Å². The Bertz CT molecular complexity index is 2250. The van der Waals surface area contributed by atoms with Gasteiger partial charge in [-0.1, -0.05) is 23.7 Å². The number of nitrogens with one attached hydrogen (secondary N) is 4. The van der Waals surface area contributed by atoms with Gasteiger partial charge in [0.2, 0.25) is 15.9 Å². The van der Waals surface area contributed by atoms with Gasteiger partial charge < -0.3 is 30.7 Å². The number of aromatic nitrogens is 1. The van der Waals surface area contributed by atoms with Crippen molar-refractivity contribution in [1.82, 2.24) is 14.6 Å². The van der Waals surface area contributed by atoms with Crippen LogP contribution in [0.1, 0.15) is 32.8 Å². The average molecular weight is 759 g/mol. The Labute approximate surface area is 312 Å². The summed E-state index contributed by atoms with van der Waals surface area (Å²) in [5.41, 5.74) is 3.38. The van der Waals surface area contributed by atoms with E-state index in [1.165, 1.54) is 55.9 Å². The molecular formula is C38H39ClN6O7S. The van der Waals surface area contributed by atoms with Gasteiger partial charge in [-0.15, -0.1) is 0 Å². The van der Waals surface area contributed by atoms with Crippen LogP contribution in [0.4, 0.5) is 17.1 Å². The Kier molecular flexibility index (Phi) is 12.5. The summed E-state index contributed by atoms with van der Waals surface area (Å²) in [6.07, 6.45) is -0.191. The number of amides is 3. The van der Waals surface area contributed by atoms with Gasteiger partial charge in [-0.05, 0) is 85.8 Å². The molecule has 0 aliphatic carbocycles. The van der Waals surface area contributed by atoms with Crippen LogP contribution in [0, 0.1) is 6.92 Å². The van der Waals surface area contributed by atoms with E-state index in [4.69, 9.17) is 21.1 Å². The van der Waals surface area contributed by atoms with Crippen molar-refractivity contribution in [3.8, 4) is 11.5 Å². The van der Waals surface area contributed by atoms with E-state index in [0.29, 0.717) is 22.0 Å². The van der Waals surface area contributed by atoms with Crippen molar-refractivity contribution < 1.29 is 32.3 Å². The van der Waals surface area contributed by atoms with E-state index in [9.17, 15) is 22.8 Å². The lowest BCUT2D eigenvalue weighted by molar-refractivity contribution is -0.116. The van der Waals surface area contributed by atoms with Crippen molar-refractivity contribution in [2.75, 3.05) is 56.9 Å². The van der Waals surface area contributed by atoms with Gasteiger partial charge in [-0.25, -0.2) is 8.42 Å². The fourth-order valence-electron chi connectivity index (χ4n) is 5.53. The number of aryl methyl sites for hydroxylation is 1. The third-order valence-corrected chi connectivity index (χ3v) is 10.4. The summed E-state index contributed by atoms with van der Waals surface area (Å²) in [6, 6.07) is 24.3. The topological polar surface area (TPSA) is 168 Å². The van der Waals surface area contributed by atoms with Crippen molar-refractivity contribution in [3.63, 3.8) is 0 Å². The highest BCUT2D eigenvalue weighted by atomic mass is 35.5. The SMILES string of the molecule is CNC(=O)c1ccccc1NC(=O)c1ccc(NC(=O)CCN(CCNc2cc(C)nc3ccc(Cl)cc23)S(=O)(=O)c2ccc(OC)cc2)c(OC)c1. The number of sulfonamides is 1. The van der Waals surface area contributed by atoms with Crippen LogP contribution in [-0.2, 0) is 14.8 Å². The fourth-order valence-corrected chi connectivity index (χ4v) is 7.15. The number of anilines is 3. The van der Waals surface area contributed by atoms with Crippen molar-refractivity contribution in [1.29, 1.82) is 0 Å². The molecule has 3 amide bonds. The van der Waals surface area contributed by atoms with Gasteiger partial charge in [0.1, 0.15) is 11.5 Å². The van der Waals surface area contributed by atoms with E-state index < -0.39 is 21.8 Å². The monoisotopic (exact) mass is 758 g/mol. The molecule has 0 aliphatic heterocycles. The molecule has 0 unspecified atom stereocenters. The number of carbonyl (C=O) groups is 3. The lowest BCUT2D eigenvalue weighted by atomic mass is 10.1. The van der Waals surface area contributed by atoms with Gasteiger partial charge in [0.15, 0.2) is 0 Å². The highest BCUT2D eigenvalue weighted by molar-refractivity contribution is 7.89. The van der Waals surface area contributed by atoms with Gasteiger partial charge in [-0.3, -0.25) is 19.4 Å². The smallest absolute Gasteiger partial charge is 0.255 e. The number of para-hydroxylation sites is 1. The van der Waals surface area contributed by atoms with E-state index in [2.05, 4.69) is 26.3 Å². The second kappa shape index (κ2) is 17.2. The number of halogens is 1. The molecular weight excluding hydrogens is 720 g/mol. The van der Waals surface area contributed by atoms with E-state index in [1.54, 1.807) is 48.5 Å². The molecule has 0 atom stereocenters. The first-order valence-electron chi connectivity index (χ1n) is 16.5. The molecule has 4 aromatic carbocycles. The Morgan fingerprint density at radius 3 is 2.28 bits per heavy atom. The van der Waals surface area contributed by atoms with E-state index in [0.717, 1.165) is 22.3 Å². The highest BCUT2D eigenvalue weighted by Gasteiger charge is 2.25. The quantitative estimate of drug-likeness (QED) is 0.101. The summed E-state index contributed by atoms with van der Waals surface area (Å²) in [4.78, 5) is 43.2. The third-order valence-electron chi connectivity index (χ3n) is 8.25. The average Bonchev–Trinajstić information content (AvgIpc) is 3.16. The van der Waals surface area contributed by atoms with Crippen molar-refractivity contribution in [2.24, 2.45) is 0 Å².